The summed E-state index contributed by atoms with van der Waals surface area (Å²) in [5.41, 5.74) is 14.2. The first-order valence-corrected chi connectivity index (χ1v) is 23.2. The standard InChI is InChI=1S/C61H38N2O2S/c1-3-19-39(20-4-1)62(40-21-5-2-6-22-40)53-38-41(37-46-44-25-9-14-33-54(44)64-59(46)53)63(51-31-18-36-57-58(51)45-26-10-16-35-56(45)66-57)52-32-17-30-50-60(52)65-55-34-15-13-29-49(55)61(50)47-27-11-7-23-42(47)43-24-8-12-28-48(43)61/h1-38H. The summed E-state index contributed by atoms with van der Waals surface area (Å²) < 4.78 is 16.8. The van der Waals surface area contributed by atoms with Crippen LogP contribution in [0.1, 0.15) is 22.3 Å². The number of nitrogens with zero attached hydrogens (tertiary/aromatic N) is 2. The third-order valence-electron chi connectivity index (χ3n) is 13.7. The predicted molar refractivity (Wildman–Crippen MR) is 273 cm³/mol. The van der Waals surface area contributed by atoms with E-state index in [1.807, 2.05) is 17.4 Å². The first-order chi connectivity index (χ1) is 32.8. The Kier molecular flexibility index (Phi) is 8.03. The molecule has 2 aliphatic rings. The van der Waals surface area contributed by atoms with Gasteiger partial charge >= 0.3 is 0 Å². The maximum Gasteiger partial charge on any atom is 0.159 e. The third-order valence-corrected chi connectivity index (χ3v) is 14.8. The van der Waals surface area contributed by atoms with E-state index in [-0.39, 0.29) is 0 Å². The lowest BCUT2D eigenvalue weighted by atomic mass is 9.66. The minimum atomic E-state index is -0.632. The second-order valence-corrected chi connectivity index (χ2v) is 18.2. The van der Waals surface area contributed by atoms with Crippen molar-refractivity contribution in [1.29, 1.82) is 0 Å². The minimum Gasteiger partial charge on any atom is -0.454 e. The fourth-order valence-corrected chi connectivity index (χ4v) is 12.2. The van der Waals surface area contributed by atoms with Crippen LogP contribution in [0.5, 0.6) is 11.5 Å². The van der Waals surface area contributed by atoms with Gasteiger partial charge in [-0.1, -0.05) is 158 Å². The molecule has 66 heavy (non-hydrogen) atoms. The summed E-state index contributed by atoms with van der Waals surface area (Å²) in [5, 5.41) is 4.48. The number of furan rings is 1. The molecule has 0 saturated heterocycles. The predicted octanol–water partition coefficient (Wildman–Crippen LogP) is 17.4. The van der Waals surface area contributed by atoms with Gasteiger partial charge in [0.1, 0.15) is 11.3 Å². The zero-order chi connectivity index (χ0) is 43.3. The van der Waals surface area contributed by atoms with Crippen molar-refractivity contribution in [2.24, 2.45) is 0 Å². The van der Waals surface area contributed by atoms with Gasteiger partial charge in [0.2, 0.25) is 0 Å². The summed E-state index contributed by atoms with van der Waals surface area (Å²) in [4.78, 5) is 4.77. The zero-order valence-electron chi connectivity index (χ0n) is 35.6. The highest BCUT2D eigenvalue weighted by Crippen LogP contribution is 2.64. The molecule has 0 amide bonds. The van der Waals surface area contributed by atoms with E-state index in [1.165, 1.54) is 42.4 Å². The topological polar surface area (TPSA) is 28.9 Å². The SMILES string of the molecule is c1ccc(N(c2ccccc2)c2cc(N(c3cccc4c3Oc3ccccc3C43c4ccccc4-c4ccccc43)c3cccc4sc5ccccc5c34)cc3c2oc2ccccc23)cc1. The van der Waals surface area contributed by atoms with Gasteiger partial charge in [-0.05, 0) is 95.1 Å². The van der Waals surface area contributed by atoms with E-state index in [0.29, 0.717) is 0 Å². The fourth-order valence-electron chi connectivity index (χ4n) is 11.1. The number of fused-ring (bicyclic) bond motifs is 15. The van der Waals surface area contributed by atoms with Crippen molar-refractivity contribution in [2.75, 3.05) is 9.80 Å². The van der Waals surface area contributed by atoms with E-state index in [0.717, 1.165) is 78.7 Å². The summed E-state index contributed by atoms with van der Waals surface area (Å²) in [7, 11) is 0. The Morgan fingerprint density at radius 1 is 0.379 bits per heavy atom. The van der Waals surface area contributed by atoms with Gasteiger partial charge in [-0.2, -0.15) is 0 Å². The Labute approximate surface area is 385 Å². The highest BCUT2D eigenvalue weighted by Gasteiger charge is 2.51. The van der Waals surface area contributed by atoms with Crippen LogP contribution in [0.2, 0.25) is 0 Å². The number of anilines is 6. The second-order valence-electron chi connectivity index (χ2n) is 17.1. The molecule has 0 saturated carbocycles. The summed E-state index contributed by atoms with van der Waals surface area (Å²) in [6.07, 6.45) is 0. The lowest BCUT2D eigenvalue weighted by molar-refractivity contribution is 0.437. The Morgan fingerprint density at radius 3 is 1.71 bits per heavy atom. The smallest absolute Gasteiger partial charge is 0.159 e. The van der Waals surface area contributed by atoms with Gasteiger partial charge < -0.3 is 19.0 Å². The largest absolute Gasteiger partial charge is 0.454 e. The number of hydrogen-bond acceptors (Lipinski definition) is 5. The summed E-state index contributed by atoms with van der Waals surface area (Å²) >= 11 is 1.83. The fraction of sp³-hybridized carbons (Fsp3) is 0.0164. The van der Waals surface area contributed by atoms with Gasteiger partial charge in [-0.25, -0.2) is 0 Å². The number of rotatable bonds is 6. The Bertz CT molecular complexity index is 3800. The number of benzene rings is 10. The molecule has 0 bridgehead atoms. The molecule has 0 unspecified atom stereocenters. The molecule has 0 N–H and O–H groups in total. The highest BCUT2D eigenvalue weighted by molar-refractivity contribution is 7.26. The highest BCUT2D eigenvalue weighted by atomic mass is 32.1. The van der Waals surface area contributed by atoms with Crippen LogP contribution in [-0.4, -0.2) is 0 Å². The molecule has 1 aliphatic heterocycles. The number of thiophene rings is 1. The molecule has 1 spiro atoms. The van der Waals surface area contributed by atoms with E-state index < -0.39 is 5.41 Å². The lowest BCUT2D eigenvalue weighted by Crippen LogP contribution is -2.32. The molecule has 4 nitrogen and oxygen atoms in total. The Hall–Kier alpha value is -8.38. The van der Waals surface area contributed by atoms with Gasteiger partial charge in [-0.3, -0.25) is 0 Å². The molecule has 2 aromatic heterocycles. The normalized spacial score (nSPS) is 13.1. The Balaban J connectivity index is 1.13. The maximum atomic E-state index is 7.42. The Morgan fingerprint density at radius 2 is 0.955 bits per heavy atom. The van der Waals surface area contributed by atoms with Crippen LogP contribution < -0.4 is 14.5 Å². The lowest BCUT2D eigenvalue weighted by Gasteiger charge is -2.41. The molecule has 14 rings (SSSR count). The molecule has 12 aromatic rings. The van der Waals surface area contributed by atoms with Crippen molar-refractivity contribution in [3.05, 3.63) is 253 Å². The monoisotopic (exact) mass is 862 g/mol. The van der Waals surface area contributed by atoms with Crippen molar-refractivity contribution in [3.63, 3.8) is 0 Å². The van der Waals surface area contributed by atoms with Gasteiger partial charge in [0.05, 0.1) is 22.5 Å². The molecular weight excluding hydrogens is 825 g/mol. The van der Waals surface area contributed by atoms with E-state index in [9.17, 15) is 0 Å². The van der Waals surface area contributed by atoms with Crippen molar-refractivity contribution in [3.8, 4) is 22.6 Å². The van der Waals surface area contributed by atoms with Crippen LogP contribution in [0.15, 0.2) is 235 Å². The summed E-state index contributed by atoms with van der Waals surface area (Å²) in [6, 6.07) is 83.0. The van der Waals surface area contributed by atoms with Crippen LogP contribution >= 0.6 is 11.3 Å². The van der Waals surface area contributed by atoms with E-state index in [1.54, 1.807) is 0 Å². The number of para-hydroxylation sites is 5. The molecule has 310 valence electrons. The molecule has 0 fully saturated rings. The minimum absolute atomic E-state index is 0.632. The van der Waals surface area contributed by atoms with Crippen LogP contribution in [0, 0.1) is 0 Å². The van der Waals surface area contributed by atoms with Crippen molar-refractivity contribution in [1.82, 2.24) is 0 Å². The van der Waals surface area contributed by atoms with Gasteiger partial charge in [-0.15, -0.1) is 11.3 Å². The van der Waals surface area contributed by atoms with Crippen molar-refractivity contribution >= 4 is 87.6 Å². The summed E-state index contributed by atoms with van der Waals surface area (Å²) in [5.74, 6) is 1.67. The molecule has 10 aromatic carbocycles. The molecule has 0 atom stereocenters. The van der Waals surface area contributed by atoms with Crippen LogP contribution in [0.3, 0.4) is 0 Å². The van der Waals surface area contributed by atoms with E-state index >= 15 is 0 Å². The van der Waals surface area contributed by atoms with Gasteiger partial charge in [0, 0.05) is 59.1 Å². The number of ether oxygens (including phenoxy) is 1. The van der Waals surface area contributed by atoms with Crippen molar-refractivity contribution in [2.45, 2.75) is 5.41 Å². The quantitative estimate of drug-likeness (QED) is 0.167. The van der Waals surface area contributed by atoms with Crippen molar-refractivity contribution < 1.29 is 9.15 Å². The second kappa shape index (κ2) is 14.3. The van der Waals surface area contributed by atoms with Crippen LogP contribution in [0.25, 0.3) is 53.2 Å². The molecule has 3 heterocycles. The van der Waals surface area contributed by atoms with Crippen LogP contribution in [0.4, 0.5) is 34.1 Å². The van der Waals surface area contributed by atoms with Gasteiger partial charge in [0.25, 0.3) is 0 Å². The first kappa shape index (κ1) is 37.0. The van der Waals surface area contributed by atoms with Gasteiger partial charge in [0.15, 0.2) is 11.3 Å². The van der Waals surface area contributed by atoms with E-state index in [2.05, 4.69) is 234 Å². The zero-order valence-corrected chi connectivity index (χ0v) is 36.4. The molecule has 1 aliphatic carbocycles. The number of hydrogen-bond donors (Lipinski definition) is 0. The summed E-state index contributed by atoms with van der Waals surface area (Å²) in [6.45, 7) is 0. The van der Waals surface area contributed by atoms with Crippen LogP contribution in [-0.2, 0) is 5.41 Å². The molecular formula is C61H38N2O2S. The maximum absolute atomic E-state index is 7.42. The first-order valence-electron chi connectivity index (χ1n) is 22.4. The van der Waals surface area contributed by atoms with E-state index in [4.69, 9.17) is 9.15 Å². The molecule has 5 heteroatoms. The average Bonchev–Trinajstić information content (AvgIpc) is 4.05. The third kappa shape index (κ3) is 5.20. The average molecular weight is 863 g/mol. The molecule has 0 radical (unpaired) electrons.